The van der Waals surface area contributed by atoms with E-state index in [1.54, 1.807) is 24.1 Å². The van der Waals surface area contributed by atoms with Crippen LogP contribution in [0.4, 0.5) is 14.5 Å². The summed E-state index contributed by atoms with van der Waals surface area (Å²) in [5, 5.41) is 12.9. The third kappa shape index (κ3) is 10.0. The first-order valence-electron chi connectivity index (χ1n) is 19.4. The molecule has 56 heavy (non-hydrogen) atoms. The first kappa shape index (κ1) is 42.3. The van der Waals surface area contributed by atoms with Gasteiger partial charge in [-0.25, -0.2) is 13.5 Å². The van der Waals surface area contributed by atoms with Crippen LogP contribution < -0.4 is 14.4 Å². The monoisotopic (exact) mass is 821 g/mol. The average Bonchev–Trinajstić information content (AvgIpc) is 3.14. The Kier molecular flexibility index (Phi) is 13.3. The number of aryl methyl sites for hydroxylation is 1. The summed E-state index contributed by atoms with van der Waals surface area (Å²) in [6, 6.07) is 10.6. The number of carbonyl (C=O) groups is 2. The highest BCUT2D eigenvalue weighted by atomic mass is 35.5. The van der Waals surface area contributed by atoms with Crippen molar-refractivity contribution in [3.8, 4) is 5.75 Å². The van der Waals surface area contributed by atoms with Crippen molar-refractivity contribution in [3.63, 3.8) is 0 Å². The van der Waals surface area contributed by atoms with Gasteiger partial charge in [-0.1, -0.05) is 35.9 Å². The molecule has 0 unspecified atom stereocenters. The Bertz CT molecular complexity index is 1880. The van der Waals surface area contributed by atoms with Crippen LogP contribution in [-0.4, -0.2) is 118 Å². The van der Waals surface area contributed by atoms with Crippen molar-refractivity contribution in [1.29, 1.82) is 0 Å². The highest BCUT2D eigenvalue weighted by Gasteiger charge is 2.45. The van der Waals surface area contributed by atoms with Gasteiger partial charge in [0, 0.05) is 59.0 Å². The molecule has 6 rings (SSSR count). The number of nitrogens with zero attached hydrogens (tertiary/aromatic N) is 4. The van der Waals surface area contributed by atoms with Gasteiger partial charge >= 0.3 is 10.2 Å². The molecule has 4 atom stereocenters. The number of halogens is 3. The molecular weight excluding hydrogens is 768 g/mol. The number of hydrogen-bond donors (Lipinski definition) is 2. The zero-order valence-electron chi connectivity index (χ0n) is 32.4. The second-order valence-electron chi connectivity index (χ2n) is 15.8. The number of aliphatic hydroxyl groups is 1. The molecule has 2 N–H and O–H groups in total. The molecule has 4 aliphatic rings. The molecule has 0 spiro atoms. The minimum atomic E-state index is -4.32. The molecule has 0 radical (unpaired) electrons. The predicted molar refractivity (Wildman–Crippen MR) is 210 cm³/mol. The second kappa shape index (κ2) is 17.7. The Morgan fingerprint density at radius 3 is 2.61 bits per heavy atom. The summed E-state index contributed by atoms with van der Waals surface area (Å²) in [5.74, 6) is -3.53. The fourth-order valence-electron chi connectivity index (χ4n) is 7.91. The number of likely N-dealkylation sites (tertiary alicyclic amines) is 1. The van der Waals surface area contributed by atoms with E-state index in [2.05, 4.69) is 4.90 Å². The Morgan fingerprint density at radius 2 is 1.89 bits per heavy atom. The van der Waals surface area contributed by atoms with Crippen molar-refractivity contribution in [1.82, 2.24) is 18.8 Å². The van der Waals surface area contributed by atoms with E-state index in [1.807, 2.05) is 35.1 Å². The standard InChI is InChI=1S/C40H54ClF2N5O7S/c1-45(2)56(52,53)44-38(50)40(51)23-37(49)46(3)17-6-5-10-35(54-20-8-18-47-26-39(42,43)27-47)33-15-12-29(33)24-48-19-7-4-9-28-21-32(41)14-11-30(28)25-55-36-16-13-31(40)22-34(36)48/h5,10-11,13-14,16,21-22,29,33,35,51H,4,6-9,12,15,17-20,23-27H2,1-3H3,(H,44,50)/b10-5+/t29-,33+,35-,40+/m0/s1. The van der Waals surface area contributed by atoms with Crippen molar-refractivity contribution in [2.75, 3.05) is 71.9 Å². The predicted octanol–water partition coefficient (Wildman–Crippen LogP) is 4.73. The number of hydrogen-bond acceptors (Lipinski definition) is 9. The molecule has 12 nitrogen and oxygen atoms in total. The van der Waals surface area contributed by atoms with Gasteiger partial charge in [-0.15, -0.1) is 0 Å². The van der Waals surface area contributed by atoms with E-state index in [0.717, 1.165) is 47.5 Å². The van der Waals surface area contributed by atoms with Crippen LogP contribution in [0.2, 0.25) is 5.02 Å². The zero-order valence-corrected chi connectivity index (χ0v) is 34.0. The number of carbonyl (C=O) groups excluding carboxylic acids is 2. The third-order valence-electron chi connectivity index (χ3n) is 11.5. The van der Waals surface area contributed by atoms with Crippen molar-refractivity contribution in [2.45, 2.75) is 75.6 Å². The summed E-state index contributed by atoms with van der Waals surface area (Å²) in [7, 11) is -0.241. The number of nitrogens with one attached hydrogen (secondary N) is 1. The van der Waals surface area contributed by atoms with Gasteiger partial charge in [-0.3, -0.25) is 14.5 Å². The van der Waals surface area contributed by atoms with Gasteiger partial charge in [0.2, 0.25) is 5.91 Å². The van der Waals surface area contributed by atoms with Gasteiger partial charge in [0.05, 0.1) is 31.3 Å². The number of fused-ring (bicyclic) bond motifs is 3. The lowest BCUT2D eigenvalue weighted by Crippen LogP contribution is -2.56. The SMILES string of the molecule is CN1CC/C=C/[C@H](OCCCN2CC(F)(F)C2)[C@@H]2CC[C@H]2CN2CCCCc3cc(Cl)ccc3COc3ccc(cc32)[C@@](O)(C(=O)NS(=O)(=O)N(C)C)CC1=O. The van der Waals surface area contributed by atoms with E-state index in [9.17, 15) is 31.9 Å². The maximum atomic E-state index is 13.9. The summed E-state index contributed by atoms with van der Waals surface area (Å²) in [4.78, 5) is 33.0. The topological polar surface area (TPSA) is 132 Å². The van der Waals surface area contributed by atoms with Gasteiger partial charge in [0.1, 0.15) is 12.4 Å². The Balaban J connectivity index is 1.35. The lowest BCUT2D eigenvalue weighted by atomic mass is 9.70. The molecule has 3 aliphatic heterocycles. The molecule has 2 fully saturated rings. The van der Waals surface area contributed by atoms with Crippen LogP contribution in [0.15, 0.2) is 48.6 Å². The second-order valence-corrected chi connectivity index (χ2v) is 18.2. The number of ether oxygens (including phenoxy) is 2. The van der Waals surface area contributed by atoms with Crippen molar-refractivity contribution in [3.05, 3.63) is 70.3 Å². The van der Waals surface area contributed by atoms with Crippen molar-refractivity contribution < 1.29 is 41.4 Å². The van der Waals surface area contributed by atoms with Crippen molar-refractivity contribution in [2.24, 2.45) is 11.8 Å². The van der Waals surface area contributed by atoms with Gasteiger partial charge < -0.3 is 24.4 Å². The summed E-state index contributed by atoms with van der Waals surface area (Å²) >= 11 is 6.38. The summed E-state index contributed by atoms with van der Waals surface area (Å²) < 4.78 is 68.3. The lowest BCUT2D eigenvalue weighted by Gasteiger charge is -2.44. The van der Waals surface area contributed by atoms with Crippen LogP contribution in [-0.2, 0) is 43.2 Å². The van der Waals surface area contributed by atoms with Crippen LogP contribution in [0.25, 0.3) is 0 Å². The van der Waals surface area contributed by atoms with Crippen LogP contribution in [0.5, 0.6) is 5.75 Å². The summed E-state index contributed by atoms with van der Waals surface area (Å²) in [6.45, 7) is 2.27. The summed E-state index contributed by atoms with van der Waals surface area (Å²) in [6.07, 6.45) is 8.54. The third-order valence-corrected chi connectivity index (χ3v) is 13.2. The number of anilines is 1. The summed E-state index contributed by atoms with van der Waals surface area (Å²) in [5.41, 5.74) is 0.193. The molecule has 308 valence electrons. The van der Waals surface area contributed by atoms with E-state index >= 15 is 0 Å². The molecule has 2 aromatic carbocycles. The van der Waals surface area contributed by atoms with Gasteiger partial charge in [0.15, 0.2) is 5.60 Å². The molecule has 3 heterocycles. The van der Waals surface area contributed by atoms with E-state index in [-0.39, 0.29) is 49.7 Å². The Morgan fingerprint density at radius 1 is 1.11 bits per heavy atom. The number of amides is 2. The molecule has 1 saturated carbocycles. The van der Waals surface area contributed by atoms with Gasteiger partial charge in [-0.2, -0.15) is 12.7 Å². The van der Waals surface area contributed by atoms with Crippen LogP contribution in [0.3, 0.4) is 0 Å². The Labute approximate surface area is 333 Å². The molecule has 2 aromatic rings. The first-order chi connectivity index (χ1) is 26.5. The van der Waals surface area contributed by atoms with Crippen molar-refractivity contribution >= 4 is 39.3 Å². The highest BCUT2D eigenvalue weighted by molar-refractivity contribution is 7.87. The van der Waals surface area contributed by atoms with E-state index in [0.29, 0.717) is 55.5 Å². The smallest absolute Gasteiger partial charge is 0.303 e. The van der Waals surface area contributed by atoms with Crippen LogP contribution >= 0.6 is 11.6 Å². The quantitative estimate of drug-likeness (QED) is 0.287. The lowest BCUT2D eigenvalue weighted by molar-refractivity contribution is -0.148. The molecule has 2 bridgehead atoms. The van der Waals surface area contributed by atoms with Gasteiger partial charge in [0.25, 0.3) is 11.8 Å². The van der Waals surface area contributed by atoms with E-state index < -0.39 is 40.0 Å². The molecule has 0 aromatic heterocycles. The minimum Gasteiger partial charge on any atom is -0.487 e. The molecule has 1 aliphatic carbocycles. The molecule has 16 heteroatoms. The molecule has 1 saturated heterocycles. The minimum absolute atomic E-state index is 0.0541. The normalized spacial score (nSPS) is 26.8. The zero-order chi connectivity index (χ0) is 40.3. The first-order valence-corrected chi connectivity index (χ1v) is 21.3. The fourth-order valence-corrected chi connectivity index (χ4v) is 8.69. The molecule has 2 amide bonds. The number of benzene rings is 2. The number of rotatable bonds is 8. The number of alkyl halides is 2. The Hall–Kier alpha value is -3.34. The van der Waals surface area contributed by atoms with Crippen LogP contribution in [0.1, 0.15) is 61.6 Å². The highest BCUT2D eigenvalue weighted by Crippen LogP contribution is 2.43. The maximum Gasteiger partial charge on any atom is 0.303 e. The molecular formula is C40H54ClF2N5O7S. The fraction of sp³-hybridized carbons (Fsp3) is 0.600. The maximum absolute atomic E-state index is 13.9. The van der Waals surface area contributed by atoms with E-state index in [4.69, 9.17) is 21.1 Å². The van der Waals surface area contributed by atoms with Crippen LogP contribution in [0, 0.1) is 11.8 Å². The average molecular weight is 822 g/mol. The van der Waals surface area contributed by atoms with E-state index in [1.165, 1.54) is 25.1 Å². The largest absolute Gasteiger partial charge is 0.487 e. The van der Waals surface area contributed by atoms with Gasteiger partial charge in [-0.05, 0) is 97.7 Å².